The van der Waals surface area contributed by atoms with Gasteiger partial charge in [0.1, 0.15) is 18.5 Å². The number of epoxide rings is 1. The van der Waals surface area contributed by atoms with Crippen molar-refractivity contribution in [1.82, 2.24) is 0 Å². The Hall–Kier alpha value is -2.83. The molecule has 168 valence electrons. The molecule has 5 nitrogen and oxygen atoms in total. The lowest BCUT2D eigenvalue weighted by molar-refractivity contribution is 0.263. The monoisotopic (exact) mass is 451 g/mol. The summed E-state index contributed by atoms with van der Waals surface area (Å²) in [4.78, 5) is 0. The summed E-state index contributed by atoms with van der Waals surface area (Å²) in [7, 11) is -3.73. The van der Waals surface area contributed by atoms with Crippen molar-refractivity contribution in [3.63, 3.8) is 0 Å². The van der Waals surface area contributed by atoms with Crippen LogP contribution in [0.2, 0.25) is 0 Å². The molecule has 0 bridgehead atoms. The minimum Gasteiger partial charge on any atom is -0.491 e. The molecule has 1 heterocycles. The van der Waals surface area contributed by atoms with E-state index in [9.17, 15) is 8.42 Å². The van der Waals surface area contributed by atoms with Gasteiger partial charge in [0.25, 0.3) is 0 Å². The number of rotatable bonds is 8. The first-order valence-corrected chi connectivity index (χ1v) is 12.4. The van der Waals surface area contributed by atoms with E-state index in [4.69, 9.17) is 9.47 Å². The largest absolute Gasteiger partial charge is 0.491 e. The summed E-state index contributed by atoms with van der Waals surface area (Å²) in [6.07, 6.45) is 0.128. The summed E-state index contributed by atoms with van der Waals surface area (Å²) in [5.41, 5.74) is 2.93. The SMILES string of the molecule is CC(C)(C)c1cccc(CS(=O)(=O)N(c2ccccc2)c2cccc(OCC3CO3)c2)c1. The van der Waals surface area contributed by atoms with Crippen molar-refractivity contribution in [2.75, 3.05) is 17.5 Å². The van der Waals surface area contributed by atoms with Crippen LogP contribution in [0.4, 0.5) is 11.4 Å². The van der Waals surface area contributed by atoms with Crippen LogP contribution < -0.4 is 9.04 Å². The Kier molecular flexibility index (Phi) is 6.26. The van der Waals surface area contributed by atoms with Gasteiger partial charge >= 0.3 is 0 Å². The standard InChI is InChI=1S/C26H29NO4S/c1-26(2,3)21-10-7-9-20(15-21)19-32(28,29)27(22-11-5-4-6-12-22)23-13-8-14-24(16-23)30-17-25-18-31-25/h4-16,25H,17-19H2,1-3H3. The molecular formula is C26H29NO4S. The molecule has 6 heteroatoms. The number of para-hydroxylation sites is 1. The van der Waals surface area contributed by atoms with Gasteiger partial charge in [-0.3, -0.25) is 0 Å². The highest BCUT2D eigenvalue weighted by Crippen LogP contribution is 2.33. The van der Waals surface area contributed by atoms with E-state index in [1.54, 1.807) is 24.3 Å². The molecule has 3 aromatic rings. The van der Waals surface area contributed by atoms with Crippen LogP contribution in [-0.2, 0) is 25.9 Å². The number of sulfonamides is 1. The van der Waals surface area contributed by atoms with Gasteiger partial charge in [-0.2, -0.15) is 0 Å². The van der Waals surface area contributed by atoms with Crippen molar-refractivity contribution < 1.29 is 17.9 Å². The lowest BCUT2D eigenvalue weighted by atomic mass is 9.86. The number of hydrogen-bond acceptors (Lipinski definition) is 4. The smallest absolute Gasteiger partial charge is 0.243 e. The molecule has 32 heavy (non-hydrogen) atoms. The van der Waals surface area contributed by atoms with Crippen molar-refractivity contribution in [1.29, 1.82) is 0 Å². The van der Waals surface area contributed by atoms with Gasteiger partial charge in [-0.25, -0.2) is 12.7 Å². The Morgan fingerprint density at radius 3 is 2.31 bits per heavy atom. The first kappa shape index (κ1) is 22.4. The Labute approximate surface area is 190 Å². The van der Waals surface area contributed by atoms with E-state index >= 15 is 0 Å². The Morgan fingerprint density at radius 2 is 1.62 bits per heavy atom. The minimum absolute atomic E-state index is 0.0597. The second kappa shape index (κ2) is 8.96. The van der Waals surface area contributed by atoms with Crippen LogP contribution in [0.3, 0.4) is 0 Å². The second-order valence-electron chi connectivity index (χ2n) is 9.07. The molecule has 1 aliphatic heterocycles. The average Bonchev–Trinajstić information content (AvgIpc) is 3.57. The first-order chi connectivity index (χ1) is 15.2. The third-order valence-electron chi connectivity index (χ3n) is 5.30. The van der Waals surface area contributed by atoms with E-state index in [-0.39, 0.29) is 17.3 Å². The van der Waals surface area contributed by atoms with Crippen molar-refractivity contribution >= 4 is 21.4 Å². The Morgan fingerprint density at radius 1 is 0.938 bits per heavy atom. The molecule has 0 aromatic heterocycles. The normalized spacial score (nSPS) is 15.9. The van der Waals surface area contributed by atoms with E-state index in [0.717, 1.165) is 11.1 Å². The highest BCUT2D eigenvalue weighted by molar-refractivity contribution is 7.92. The van der Waals surface area contributed by atoms with Crippen molar-refractivity contribution in [2.24, 2.45) is 0 Å². The van der Waals surface area contributed by atoms with Gasteiger partial charge in [0, 0.05) is 6.07 Å². The molecule has 0 amide bonds. The van der Waals surface area contributed by atoms with E-state index in [0.29, 0.717) is 30.3 Å². The van der Waals surface area contributed by atoms with Crippen LogP contribution in [0.25, 0.3) is 0 Å². The number of benzene rings is 3. The van der Waals surface area contributed by atoms with Gasteiger partial charge in [-0.05, 0) is 40.8 Å². The van der Waals surface area contributed by atoms with Gasteiger partial charge in [0.2, 0.25) is 10.0 Å². The maximum absolute atomic E-state index is 13.7. The fourth-order valence-electron chi connectivity index (χ4n) is 3.49. The predicted molar refractivity (Wildman–Crippen MR) is 128 cm³/mol. The quantitative estimate of drug-likeness (QED) is 0.429. The average molecular weight is 452 g/mol. The molecular weight excluding hydrogens is 422 g/mol. The lowest BCUT2D eigenvalue weighted by Crippen LogP contribution is -2.27. The fourth-order valence-corrected chi connectivity index (χ4v) is 5.10. The van der Waals surface area contributed by atoms with Crippen LogP contribution in [0.5, 0.6) is 5.75 Å². The maximum Gasteiger partial charge on any atom is 0.243 e. The summed E-state index contributed by atoms with van der Waals surface area (Å²) >= 11 is 0. The molecule has 1 unspecified atom stereocenters. The zero-order valence-electron chi connectivity index (χ0n) is 18.7. The summed E-state index contributed by atoms with van der Waals surface area (Å²) in [5, 5.41) is 0. The molecule has 0 radical (unpaired) electrons. The van der Waals surface area contributed by atoms with Gasteiger partial charge < -0.3 is 9.47 Å². The van der Waals surface area contributed by atoms with E-state index in [1.165, 1.54) is 4.31 Å². The van der Waals surface area contributed by atoms with Crippen LogP contribution in [0.15, 0.2) is 78.9 Å². The van der Waals surface area contributed by atoms with Gasteiger partial charge in [-0.15, -0.1) is 0 Å². The van der Waals surface area contributed by atoms with Crippen LogP contribution in [0, 0.1) is 0 Å². The molecule has 3 aromatic carbocycles. The predicted octanol–water partition coefficient (Wildman–Crippen LogP) is 5.43. The molecule has 0 spiro atoms. The van der Waals surface area contributed by atoms with Gasteiger partial charge in [0.15, 0.2) is 0 Å². The lowest BCUT2D eigenvalue weighted by Gasteiger charge is -2.26. The van der Waals surface area contributed by atoms with Crippen LogP contribution >= 0.6 is 0 Å². The van der Waals surface area contributed by atoms with Crippen molar-refractivity contribution in [3.05, 3.63) is 90.0 Å². The molecule has 0 aliphatic carbocycles. The zero-order valence-corrected chi connectivity index (χ0v) is 19.5. The highest BCUT2D eigenvalue weighted by Gasteiger charge is 2.27. The van der Waals surface area contributed by atoms with E-state index in [1.807, 2.05) is 54.6 Å². The minimum atomic E-state index is -3.73. The molecule has 0 N–H and O–H groups in total. The Balaban J connectivity index is 1.68. The van der Waals surface area contributed by atoms with E-state index in [2.05, 4.69) is 20.8 Å². The summed E-state index contributed by atoms with van der Waals surface area (Å²) in [6.45, 7) is 7.53. The third kappa shape index (κ3) is 5.50. The molecule has 1 atom stereocenters. The van der Waals surface area contributed by atoms with Crippen molar-refractivity contribution in [3.8, 4) is 5.75 Å². The number of hydrogen-bond donors (Lipinski definition) is 0. The molecule has 1 aliphatic rings. The first-order valence-electron chi connectivity index (χ1n) is 10.7. The highest BCUT2D eigenvalue weighted by atomic mass is 32.2. The molecule has 0 saturated carbocycles. The third-order valence-corrected chi connectivity index (χ3v) is 6.98. The summed E-state index contributed by atoms with van der Waals surface area (Å²) in [6, 6.07) is 24.1. The second-order valence-corrected chi connectivity index (χ2v) is 10.9. The van der Waals surface area contributed by atoms with Crippen LogP contribution in [-0.4, -0.2) is 27.7 Å². The fraction of sp³-hybridized carbons (Fsp3) is 0.308. The summed E-state index contributed by atoms with van der Waals surface area (Å²) in [5.74, 6) is 0.510. The van der Waals surface area contributed by atoms with Gasteiger partial charge in [-0.1, -0.05) is 69.3 Å². The molecule has 1 fully saturated rings. The van der Waals surface area contributed by atoms with Crippen LogP contribution in [0.1, 0.15) is 31.9 Å². The molecule has 1 saturated heterocycles. The zero-order chi connectivity index (χ0) is 22.8. The topological polar surface area (TPSA) is 59.1 Å². The molecule has 4 rings (SSSR count). The van der Waals surface area contributed by atoms with E-state index < -0.39 is 10.0 Å². The number of nitrogens with zero attached hydrogens (tertiary/aromatic N) is 1. The van der Waals surface area contributed by atoms with Gasteiger partial charge in [0.05, 0.1) is 23.7 Å². The van der Waals surface area contributed by atoms with Crippen molar-refractivity contribution in [2.45, 2.75) is 38.0 Å². The number of ether oxygens (including phenoxy) is 2. The Bertz CT molecular complexity index is 1170. The number of anilines is 2. The maximum atomic E-state index is 13.7. The summed E-state index contributed by atoms with van der Waals surface area (Å²) < 4.78 is 39.8.